The highest BCUT2D eigenvalue weighted by Crippen LogP contribution is 2.36. The molecule has 0 saturated carbocycles. The number of aromatic nitrogens is 4. The average Bonchev–Trinajstić information content (AvgIpc) is 3.68. The van der Waals surface area contributed by atoms with Crippen LogP contribution in [-0.4, -0.2) is 55.6 Å². The van der Waals surface area contributed by atoms with E-state index in [1.54, 1.807) is 24.3 Å². The van der Waals surface area contributed by atoms with Crippen LogP contribution in [-0.2, 0) is 7.05 Å². The Morgan fingerprint density at radius 2 is 1.95 bits per heavy atom. The normalized spacial score (nSPS) is 15.5. The second-order valence-electron chi connectivity index (χ2n) is 10.0. The van der Waals surface area contributed by atoms with Gasteiger partial charge in [-0.3, -0.25) is 0 Å². The Hall–Kier alpha value is -4.12. The second-order valence-corrected chi connectivity index (χ2v) is 11.5. The quantitative estimate of drug-likeness (QED) is 0.191. The number of nitrogens with one attached hydrogen (secondary N) is 2. The van der Waals surface area contributed by atoms with Gasteiger partial charge < -0.3 is 30.6 Å². The first kappa shape index (κ1) is 26.1. The molecule has 1 fully saturated rings. The first-order valence-corrected chi connectivity index (χ1v) is 14.0. The van der Waals surface area contributed by atoms with Crippen molar-refractivity contribution in [3.8, 4) is 0 Å². The predicted molar refractivity (Wildman–Crippen MR) is 163 cm³/mol. The third kappa shape index (κ3) is 4.97. The molecule has 6 aromatic rings. The summed E-state index contributed by atoms with van der Waals surface area (Å²) < 4.78 is 2.84. The maximum atomic E-state index is 11.1. The van der Waals surface area contributed by atoms with Crippen molar-refractivity contribution in [1.82, 2.24) is 24.4 Å². The number of aromatic amines is 1. The van der Waals surface area contributed by atoms with Crippen molar-refractivity contribution in [3.05, 3.63) is 76.8 Å². The summed E-state index contributed by atoms with van der Waals surface area (Å²) in [6.07, 6.45) is 1.21. The molecule has 1 atom stereocenters. The number of likely N-dealkylation sites (tertiary alicyclic amines) is 1. The zero-order chi connectivity index (χ0) is 28.0. The van der Waals surface area contributed by atoms with E-state index in [4.69, 9.17) is 22.4 Å². The minimum absolute atomic E-state index is 0.210. The zero-order valence-corrected chi connectivity index (χ0v) is 23.6. The van der Waals surface area contributed by atoms with Crippen LogP contribution in [0.3, 0.4) is 0 Å². The van der Waals surface area contributed by atoms with Gasteiger partial charge in [-0.15, -0.1) is 0 Å². The van der Waals surface area contributed by atoms with E-state index in [0.29, 0.717) is 27.5 Å². The molecule has 0 bridgehead atoms. The third-order valence-electron chi connectivity index (χ3n) is 7.27. The summed E-state index contributed by atoms with van der Waals surface area (Å²) in [6.45, 7) is 2.29. The summed E-state index contributed by atoms with van der Waals surface area (Å²) in [4.78, 5) is 25.7. The molecule has 1 aliphatic heterocycles. The number of nitrogens with two attached hydrogens (primary N) is 1. The minimum atomic E-state index is -0.972. The molecule has 1 saturated heterocycles. The van der Waals surface area contributed by atoms with Crippen LogP contribution in [0.4, 0.5) is 16.9 Å². The number of hydrogen-bond acceptors (Lipinski definition) is 7. The molecule has 0 unspecified atom stereocenters. The molecule has 40 heavy (non-hydrogen) atoms. The number of carbonyl (C=O) groups is 1. The molecule has 0 aliphatic carbocycles. The summed E-state index contributed by atoms with van der Waals surface area (Å²) in [5.74, 6) is 1.06. The molecule has 4 heterocycles. The fourth-order valence-electron chi connectivity index (χ4n) is 5.29. The van der Waals surface area contributed by atoms with E-state index in [1.165, 1.54) is 35.3 Å². The number of thiazole rings is 1. The predicted octanol–water partition coefficient (Wildman–Crippen LogP) is 6.45. The van der Waals surface area contributed by atoms with Crippen molar-refractivity contribution in [3.63, 3.8) is 0 Å². The van der Waals surface area contributed by atoms with Crippen LogP contribution in [0.5, 0.6) is 0 Å². The number of carboxylic acids is 1. The van der Waals surface area contributed by atoms with E-state index < -0.39 is 5.97 Å². The summed E-state index contributed by atoms with van der Waals surface area (Å²) in [5.41, 5.74) is 11.1. The van der Waals surface area contributed by atoms with E-state index in [-0.39, 0.29) is 5.56 Å². The number of fused-ring (bicyclic) bond motifs is 3. The third-order valence-corrected chi connectivity index (χ3v) is 8.44. The lowest BCUT2D eigenvalue weighted by Gasteiger charge is -2.10. The van der Waals surface area contributed by atoms with Gasteiger partial charge in [0.2, 0.25) is 5.95 Å². The Morgan fingerprint density at radius 1 is 1.12 bits per heavy atom. The van der Waals surface area contributed by atoms with E-state index in [1.807, 2.05) is 29.8 Å². The van der Waals surface area contributed by atoms with Gasteiger partial charge in [-0.2, -0.15) is 0 Å². The number of likely N-dealkylation sites (N-methyl/N-ethyl adjacent to an activating group) is 1. The van der Waals surface area contributed by atoms with E-state index >= 15 is 0 Å². The van der Waals surface area contributed by atoms with E-state index in [0.717, 1.165) is 33.6 Å². The van der Waals surface area contributed by atoms with Gasteiger partial charge >= 0.3 is 5.97 Å². The number of aromatic carboxylic acids is 1. The highest BCUT2D eigenvalue weighted by molar-refractivity contribution is 7.22. The SMILES string of the molecule is CN1CC[C@@H](c2c(N)[nH]c3ccccc23)C1.Cn1c(Nc2nc3ccc(Cl)cc3s2)nc2cc(C(=O)O)ccc21. The summed E-state index contributed by atoms with van der Waals surface area (Å²) in [5, 5.41) is 14.9. The van der Waals surface area contributed by atoms with Gasteiger partial charge in [0.25, 0.3) is 0 Å². The number of H-pyrrole nitrogens is 1. The van der Waals surface area contributed by atoms with Gasteiger partial charge in [0.15, 0.2) is 5.13 Å². The molecule has 204 valence electrons. The van der Waals surface area contributed by atoms with Crippen molar-refractivity contribution < 1.29 is 9.90 Å². The molecule has 9 nitrogen and oxygen atoms in total. The molecule has 0 spiro atoms. The van der Waals surface area contributed by atoms with Crippen molar-refractivity contribution in [2.24, 2.45) is 7.05 Å². The molecule has 5 N–H and O–H groups in total. The van der Waals surface area contributed by atoms with Crippen LogP contribution < -0.4 is 11.1 Å². The van der Waals surface area contributed by atoms with Crippen LogP contribution in [0.25, 0.3) is 32.2 Å². The molecule has 0 amide bonds. The Morgan fingerprint density at radius 3 is 2.73 bits per heavy atom. The van der Waals surface area contributed by atoms with Gasteiger partial charge in [-0.05, 0) is 62.5 Å². The maximum Gasteiger partial charge on any atom is 0.335 e. The Kier molecular flexibility index (Phi) is 6.83. The maximum absolute atomic E-state index is 11.1. The highest BCUT2D eigenvalue weighted by atomic mass is 35.5. The van der Waals surface area contributed by atoms with Gasteiger partial charge in [0, 0.05) is 41.0 Å². The van der Waals surface area contributed by atoms with Crippen molar-refractivity contribution >= 4 is 78.0 Å². The lowest BCUT2D eigenvalue weighted by atomic mass is 9.97. The number of aryl methyl sites for hydroxylation is 1. The van der Waals surface area contributed by atoms with Crippen LogP contribution in [0, 0.1) is 0 Å². The smallest absolute Gasteiger partial charge is 0.335 e. The first-order chi connectivity index (χ1) is 19.3. The number of nitrogen functional groups attached to an aromatic ring is 1. The topological polar surface area (TPSA) is 125 Å². The first-order valence-electron chi connectivity index (χ1n) is 12.8. The number of nitrogens with zero attached hydrogens (tertiary/aromatic N) is 4. The van der Waals surface area contributed by atoms with Gasteiger partial charge in [0.1, 0.15) is 5.82 Å². The van der Waals surface area contributed by atoms with Crippen molar-refractivity contribution in [2.45, 2.75) is 12.3 Å². The number of para-hydroxylation sites is 1. The molecule has 11 heteroatoms. The molecule has 0 radical (unpaired) electrons. The fraction of sp³-hybridized carbons (Fsp3) is 0.207. The summed E-state index contributed by atoms with van der Waals surface area (Å²) in [6, 6.07) is 18.8. The summed E-state index contributed by atoms with van der Waals surface area (Å²) in [7, 11) is 4.04. The van der Waals surface area contributed by atoms with Gasteiger partial charge in [0.05, 0.1) is 26.8 Å². The Bertz CT molecular complexity index is 1880. The molecular weight excluding hydrogens is 546 g/mol. The highest BCUT2D eigenvalue weighted by Gasteiger charge is 2.25. The largest absolute Gasteiger partial charge is 0.478 e. The van der Waals surface area contributed by atoms with Crippen LogP contribution in [0.15, 0.2) is 60.7 Å². The van der Waals surface area contributed by atoms with Crippen LogP contribution in [0.2, 0.25) is 5.02 Å². The molecule has 3 aromatic heterocycles. The van der Waals surface area contributed by atoms with Gasteiger partial charge in [-0.25, -0.2) is 14.8 Å². The number of anilines is 3. The standard InChI is InChI=1S/C16H11ClN4O2S.C13H17N3/c1-21-12-5-2-8(14(22)23)6-11(12)18-15(21)20-16-19-10-4-3-9(17)7-13(10)24-16;1-16-7-6-9(8-16)12-10-4-2-3-5-11(10)15-13(12)14/h2-7H,1H3,(H,22,23)(H,18,19,20);2-5,9,15H,6-8,14H2,1H3/t;9-/m.1/s1. The van der Waals surface area contributed by atoms with Crippen molar-refractivity contribution in [2.75, 3.05) is 31.2 Å². The fourth-order valence-corrected chi connectivity index (χ4v) is 6.42. The van der Waals surface area contributed by atoms with E-state index in [9.17, 15) is 4.79 Å². The lowest BCUT2D eigenvalue weighted by molar-refractivity contribution is 0.0697. The number of rotatable bonds is 4. The average molecular weight is 574 g/mol. The van der Waals surface area contributed by atoms with E-state index in [2.05, 4.69) is 50.4 Å². The molecular formula is C29H28ClN7O2S. The van der Waals surface area contributed by atoms with Crippen LogP contribution >= 0.6 is 22.9 Å². The van der Waals surface area contributed by atoms with Gasteiger partial charge in [-0.1, -0.05) is 41.1 Å². The summed E-state index contributed by atoms with van der Waals surface area (Å²) >= 11 is 7.48. The second kappa shape index (κ2) is 10.5. The number of carboxylic acid groups (broad SMARTS) is 1. The molecule has 7 rings (SSSR count). The molecule has 1 aliphatic rings. The number of benzene rings is 3. The number of hydrogen-bond donors (Lipinski definition) is 4. The monoisotopic (exact) mass is 573 g/mol. The van der Waals surface area contributed by atoms with Crippen molar-refractivity contribution in [1.29, 1.82) is 0 Å². The Balaban J connectivity index is 0.000000157. The lowest BCUT2D eigenvalue weighted by Crippen LogP contribution is -2.13. The number of halogens is 1. The van der Waals surface area contributed by atoms with Crippen LogP contribution in [0.1, 0.15) is 28.3 Å². The zero-order valence-electron chi connectivity index (χ0n) is 22.0. The number of imidazole rings is 1. The Labute approximate surface area is 239 Å². The minimum Gasteiger partial charge on any atom is -0.478 e. The molecule has 3 aromatic carbocycles.